The Morgan fingerprint density at radius 1 is 1.12 bits per heavy atom. The van der Waals surface area contributed by atoms with Crippen LogP contribution in [0.4, 0.5) is 16.8 Å². The number of hydrogen-bond donors (Lipinski definition) is 2. The minimum absolute atomic E-state index is 0.211. The van der Waals surface area contributed by atoms with E-state index in [1.54, 1.807) is 48.1 Å². The molecule has 3 rings (SSSR count). The number of nitrogens with zero attached hydrogens (tertiary/aromatic N) is 3. The van der Waals surface area contributed by atoms with Crippen LogP contribution in [-0.2, 0) is 4.74 Å². The number of esters is 1. The lowest BCUT2D eigenvalue weighted by Gasteiger charge is -2.08. The van der Waals surface area contributed by atoms with Crippen molar-refractivity contribution in [3.8, 4) is 0 Å². The quantitative estimate of drug-likeness (QED) is 0.678. The average molecular weight is 355 g/mol. The van der Waals surface area contributed by atoms with Crippen LogP contribution in [0, 0.1) is 0 Å². The number of thiazole rings is 1. The van der Waals surface area contributed by atoms with Crippen molar-refractivity contribution in [2.75, 3.05) is 17.7 Å². The van der Waals surface area contributed by atoms with Gasteiger partial charge in [-0.3, -0.25) is 4.79 Å². The van der Waals surface area contributed by atoms with Crippen LogP contribution in [0.5, 0.6) is 0 Å². The summed E-state index contributed by atoms with van der Waals surface area (Å²) < 4.78 is 4.71. The van der Waals surface area contributed by atoms with Gasteiger partial charge in [-0.05, 0) is 18.2 Å². The zero-order chi connectivity index (χ0) is 17.6. The summed E-state index contributed by atoms with van der Waals surface area (Å²) in [5, 5.41) is 7.66. The van der Waals surface area contributed by atoms with E-state index in [0.29, 0.717) is 16.8 Å². The minimum Gasteiger partial charge on any atom is -0.465 e. The number of benzene rings is 1. The van der Waals surface area contributed by atoms with Crippen LogP contribution in [0.3, 0.4) is 0 Å². The summed E-state index contributed by atoms with van der Waals surface area (Å²) >= 11 is 1.24. The fourth-order valence-corrected chi connectivity index (χ4v) is 2.65. The molecule has 0 bridgehead atoms. The Kier molecular flexibility index (Phi) is 4.95. The van der Waals surface area contributed by atoms with Gasteiger partial charge in [0.2, 0.25) is 5.95 Å². The van der Waals surface area contributed by atoms with Crippen molar-refractivity contribution in [3.05, 3.63) is 59.4 Å². The van der Waals surface area contributed by atoms with Crippen LogP contribution in [-0.4, -0.2) is 33.9 Å². The van der Waals surface area contributed by atoms with E-state index in [2.05, 4.69) is 25.6 Å². The molecule has 2 heterocycles. The molecule has 3 aromatic rings. The van der Waals surface area contributed by atoms with Gasteiger partial charge < -0.3 is 15.4 Å². The Bertz CT molecular complexity index is 898. The lowest BCUT2D eigenvalue weighted by molar-refractivity contribution is 0.0602. The van der Waals surface area contributed by atoms with Gasteiger partial charge in [0.05, 0.1) is 18.4 Å². The molecule has 1 aromatic carbocycles. The molecule has 0 aliphatic carbocycles. The molecular weight excluding hydrogens is 342 g/mol. The van der Waals surface area contributed by atoms with Crippen molar-refractivity contribution in [2.24, 2.45) is 0 Å². The van der Waals surface area contributed by atoms with E-state index in [9.17, 15) is 9.59 Å². The summed E-state index contributed by atoms with van der Waals surface area (Å²) in [5.41, 5.74) is 0.834. The maximum absolute atomic E-state index is 12.4. The molecule has 1 amide bonds. The van der Waals surface area contributed by atoms with E-state index in [4.69, 9.17) is 4.74 Å². The van der Waals surface area contributed by atoms with Gasteiger partial charge in [-0.2, -0.15) is 0 Å². The van der Waals surface area contributed by atoms with Crippen molar-refractivity contribution in [3.63, 3.8) is 0 Å². The number of carbonyl (C=O) groups excluding carboxylic acids is 2. The number of nitrogens with one attached hydrogen (secondary N) is 2. The van der Waals surface area contributed by atoms with E-state index in [1.807, 2.05) is 0 Å². The van der Waals surface area contributed by atoms with Gasteiger partial charge in [0.15, 0.2) is 5.13 Å². The second-order valence-corrected chi connectivity index (χ2v) is 5.58. The third-order valence-electron chi connectivity index (χ3n) is 3.10. The van der Waals surface area contributed by atoms with E-state index in [-0.39, 0.29) is 11.3 Å². The summed E-state index contributed by atoms with van der Waals surface area (Å²) in [7, 11) is 1.28. The molecule has 126 valence electrons. The number of aromatic nitrogens is 3. The van der Waals surface area contributed by atoms with Gasteiger partial charge in [0.1, 0.15) is 5.69 Å². The topological polar surface area (TPSA) is 106 Å². The number of carbonyl (C=O) groups is 2. The summed E-state index contributed by atoms with van der Waals surface area (Å²) in [5.74, 6) is -0.577. The Morgan fingerprint density at radius 2 is 1.88 bits per heavy atom. The number of hydrogen-bond acceptors (Lipinski definition) is 8. The number of rotatable bonds is 5. The molecule has 0 saturated heterocycles. The summed E-state index contributed by atoms with van der Waals surface area (Å²) in [6.07, 6.45) is 3.20. The first-order chi connectivity index (χ1) is 12.2. The highest BCUT2D eigenvalue weighted by atomic mass is 32.1. The molecule has 0 aliphatic rings. The van der Waals surface area contributed by atoms with Gasteiger partial charge in [-0.25, -0.2) is 19.7 Å². The van der Waals surface area contributed by atoms with Crippen LogP contribution < -0.4 is 10.6 Å². The predicted octanol–water partition coefficient (Wildman–Crippen LogP) is 2.72. The highest BCUT2D eigenvalue weighted by Gasteiger charge is 2.16. The third kappa shape index (κ3) is 3.96. The highest BCUT2D eigenvalue weighted by Crippen LogP contribution is 2.21. The van der Waals surface area contributed by atoms with E-state index < -0.39 is 11.9 Å². The van der Waals surface area contributed by atoms with Crippen LogP contribution in [0.15, 0.2) is 48.1 Å². The zero-order valence-corrected chi connectivity index (χ0v) is 13.9. The Morgan fingerprint density at radius 3 is 2.64 bits per heavy atom. The Balaban J connectivity index is 1.74. The first kappa shape index (κ1) is 16.5. The number of amides is 1. The van der Waals surface area contributed by atoms with E-state index >= 15 is 0 Å². The lowest BCUT2D eigenvalue weighted by atomic mass is 10.2. The largest absolute Gasteiger partial charge is 0.465 e. The van der Waals surface area contributed by atoms with E-state index in [1.165, 1.54) is 18.4 Å². The molecule has 2 aromatic heterocycles. The van der Waals surface area contributed by atoms with Crippen LogP contribution in [0.1, 0.15) is 20.8 Å². The number of ether oxygens (including phenoxy) is 1. The lowest BCUT2D eigenvalue weighted by Crippen LogP contribution is -2.15. The second-order valence-electron chi connectivity index (χ2n) is 4.73. The minimum atomic E-state index is -0.530. The van der Waals surface area contributed by atoms with Gasteiger partial charge in [0, 0.05) is 17.8 Å². The number of para-hydroxylation sites is 1. The molecule has 0 atom stereocenters. The molecule has 2 N–H and O–H groups in total. The first-order valence-corrected chi connectivity index (χ1v) is 8.03. The summed E-state index contributed by atoms with van der Waals surface area (Å²) in [6.45, 7) is 0. The molecule has 0 unspecified atom stereocenters. The van der Waals surface area contributed by atoms with Crippen molar-refractivity contribution in [1.82, 2.24) is 15.0 Å². The van der Waals surface area contributed by atoms with Crippen LogP contribution >= 0.6 is 11.3 Å². The van der Waals surface area contributed by atoms with Crippen molar-refractivity contribution in [2.45, 2.75) is 0 Å². The van der Waals surface area contributed by atoms with Gasteiger partial charge >= 0.3 is 5.97 Å². The van der Waals surface area contributed by atoms with Crippen LogP contribution in [0.25, 0.3) is 0 Å². The normalized spacial score (nSPS) is 10.1. The summed E-state index contributed by atoms with van der Waals surface area (Å²) in [4.78, 5) is 36.4. The standard InChI is InChI=1S/C16H13N5O3S/c1-24-14(23)10-5-2-3-6-11(10)19-13(22)12-9-25-16(20-12)21-15-17-7-4-8-18-15/h2-9H,1H3,(H,19,22)(H,17,18,20,21). The molecule has 0 fully saturated rings. The SMILES string of the molecule is COC(=O)c1ccccc1NC(=O)c1csc(Nc2ncccn2)n1. The van der Waals surface area contributed by atoms with Crippen LogP contribution in [0.2, 0.25) is 0 Å². The maximum atomic E-state index is 12.4. The fraction of sp³-hybridized carbons (Fsp3) is 0.0625. The van der Waals surface area contributed by atoms with Crippen molar-refractivity contribution in [1.29, 1.82) is 0 Å². The molecule has 0 saturated carbocycles. The number of methoxy groups -OCH3 is 1. The molecule has 9 heteroatoms. The van der Waals surface area contributed by atoms with Gasteiger partial charge in [-0.1, -0.05) is 12.1 Å². The monoisotopic (exact) mass is 355 g/mol. The second kappa shape index (κ2) is 7.49. The summed E-state index contributed by atoms with van der Waals surface area (Å²) in [6, 6.07) is 8.29. The van der Waals surface area contributed by atoms with E-state index in [0.717, 1.165) is 0 Å². The maximum Gasteiger partial charge on any atom is 0.339 e. The fourth-order valence-electron chi connectivity index (χ4n) is 1.96. The van der Waals surface area contributed by atoms with Crippen molar-refractivity contribution >= 4 is 40.0 Å². The average Bonchev–Trinajstić information content (AvgIpc) is 3.11. The molecule has 0 aliphatic heterocycles. The van der Waals surface area contributed by atoms with Crippen molar-refractivity contribution < 1.29 is 14.3 Å². The predicted molar refractivity (Wildman–Crippen MR) is 93.2 cm³/mol. The molecule has 25 heavy (non-hydrogen) atoms. The molecule has 0 radical (unpaired) electrons. The zero-order valence-electron chi connectivity index (χ0n) is 13.1. The first-order valence-electron chi connectivity index (χ1n) is 7.15. The van der Waals surface area contributed by atoms with Gasteiger partial charge in [-0.15, -0.1) is 11.3 Å². The number of anilines is 3. The smallest absolute Gasteiger partial charge is 0.339 e. The Hall–Kier alpha value is -3.33. The highest BCUT2D eigenvalue weighted by molar-refractivity contribution is 7.14. The van der Waals surface area contributed by atoms with Gasteiger partial charge in [0.25, 0.3) is 5.91 Å². The molecule has 0 spiro atoms. The molecular formula is C16H13N5O3S. The third-order valence-corrected chi connectivity index (χ3v) is 3.86. The molecule has 8 nitrogen and oxygen atoms in total. The Labute approximate surface area is 146 Å².